The van der Waals surface area contributed by atoms with Gasteiger partial charge in [-0.3, -0.25) is 47.9 Å². The predicted molar refractivity (Wildman–Crippen MR) is 233 cm³/mol. The summed E-state index contributed by atoms with van der Waals surface area (Å²) in [5.41, 5.74) is 0. The van der Waals surface area contributed by atoms with E-state index < -0.39 is 195 Å². The van der Waals surface area contributed by atoms with Crippen LogP contribution in [0.3, 0.4) is 0 Å². The molecule has 4 rings (SSSR count). The number of hydrogen-bond donors (Lipinski definition) is 0. The molecule has 4 saturated heterocycles. The highest BCUT2D eigenvalue weighted by molar-refractivity contribution is 5.70. The quantitative estimate of drug-likeness (QED) is 0.132. The first-order chi connectivity index (χ1) is 34.1. The highest BCUT2D eigenvalue weighted by Gasteiger charge is 2.60. The zero-order chi connectivity index (χ0) is 54.8. The normalized spacial score (nSPS) is 36.1. The van der Waals surface area contributed by atoms with E-state index in [1.807, 2.05) is 0 Å². The van der Waals surface area contributed by atoms with Gasteiger partial charge < -0.3 is 80.5 Å². The summed E-state index contributed by atoms with van der Waals surface area (Å²) in [6, 6.07) is 0. The molecule has 4 aliphatic rings. The maximum atomic E-state index is 13.1. The number of rotatable bonds is 18. The zero-order valence-corrected chi connectivity index (χ0v) is 43.0. The molecule has 27 heteroatoms. The number of carbonyl (C=O) groups excluding carboxylic acids is 10. The van der Waals surface area contributed by atoms with Crippen LogP contribution >= 0.6 is 0 Å². The van der Waals surface area contributed by atoms with Gasteiger partial charge in [0.2, 0.25) is 0 Å². The number of esters is 10. The molecule has 0 saturated carbocycles. The molecule has 0 bridgehead atoms. The fourth-order valence-corrected chi connectivity index (χ4v) is 8.70. The van der Waals surface area contributed by atoms with Crippen molar-refractivity contribution in [3.8, 4) is 0 Å². The van der Waals surface area contributed by atoms with E-state index in [1.165, 1.54) is 13.8 Å². The molecular formula is C46H66O27. The van der Waals surface area contributed by atoms with Gasteiger partial charge in [0.25, 0.3) is 0 Å². The Morgan fingerprint density at radius 1 is 0.288 bits per heavy atom. The number of carbonyl (C=O) groups is 10. The van der Waals surface area contributed by atoms with E-state index in [2.05, 4.69) is 0 Å². The molecule has 73 heavy (non-hydrogen) atoms. The molecule has 412 valence electrons. The molecule has 4 heterocycles. The van der Waals surface area contributed by atoms with Crippen molar-refractivity contribution in [3.63, 3.8) is 0 Å². The van der Waals surface area contributed by atoms with Crippen LogP contribution < -0.4 is 0 Å². The minimum absolute atomic E-state index is 0.533. The third kappa shape index (κ3) is 16.7. The Labute approximate surface area is 420 Å². The van der Waals surface area contributed by atoms with E-state index in [9.17, 15) is 47.9 Å². The monoisotopic (exact) mass is 1050 g/mol. The molecule has 0 aromatic rings. The molecule has 12 unspecified atom stereocenters. The van der Waals surface area contributed by atoms with Crippen molar-refractivity contribution >= 4 is 59.7 Å². The van der Waals surface area contributed by atoms with Gasteiger partial charge in [-0.15, -0.1) is 0 Å². The van der Waals surface area contributed by atoms with E-state index in [0.717, 1.165) is 69.2 Å². The van der Waals surface area contributed by atoms with Gasteiger partial charge in [-0.25, -0.2) is 0 Å². The first-order valence-electron chi connectivity index (χ1n) is 23.3. The SMILES string of the molecule is CC(=O)OCC1O[C@@H](OC2C(COC(C)=O)O[C@@H](C)C(C)[C@H]2O[C@@H]2OC(C)C(OC(C)=O)[C@H](OC(C)=O)C2OC(C)=O)C(OC2OC(C)[C@H](OC(C)=O)C(OC(C)=O)[C@H]2OC(C)=O)[C@@H](OC(C)=O)C1OC(C)=O. The van der Waals surface area contributed by atoms with Crippen molar-refractivity contribution in [1.29, 1.82) is 0 Å². The highest BCUT2D eigenvalue weighted by atomic mass is 16.8. The van der Waals surface area contributed by atoms with Gasteiger partial charge in [0.1, 0.15) is 31.5 Å². The van der Waals surface area contributed by atoms with Crippen molar-refractivity contribution in [2.45, 2.75) is 213 Å². The molecule has 0 N–H and O–H groups in total. The van der Waals surface area contributed by atoms with Crippen LogP contribution in [-0.4, -0.2) is 189 Å². The van der Waals surface area contributed by atoms with Gasteiger partial charge in [-0.05, 0) is 20.8 Å². The maximum absolute atomic E-state index is 13.1. The zero-order valence-electron chi connectivity index (χ0n) is 43.0. The Kier molecular flexibility index (Phi) is 21.8. The van der Waals surface area contributed by atoms with Crippen molar-refractivity contribution in [2.24, 2.45) is 5.92 Å². The molecule has 0 aromatic carbocycles. The lowest BCUT2D eigenvalue weighted by Crippen LogP contribution is -2.68. The van der Waals surface area contributed by atoms with Gasteiger partial charge in [-0.1, -0.05) is 6.92 Å². The van der Waals surface area contributed by atoms with Crippen molar-refractivity contribution < 1.29 is 128 Å². The van der Waals surface area contributed by atoms with Crippen LogP contribution in [0.4, 0.5) is 0 Å². The van der Waals surface area contributed by atoms with Crippen LogP contribution in [0.2, 0.25) is 0 Å². The minimum Gasteiger partial charge on any atom is -0.463 e. The Hall–Kier alpha value is -5.58. The Balaban J connectivity index is 1.97. The smallest absolute Gasteiger partial charge is 0.303 e. The summed E-state index contributed by atoms with van der Waals surface area (Å²) in [5.74, 6) is -9.51. The Morgan fingerprint density at radius 3 is 0.945 bits per heavy atom. The van der Waals surface area contributed by atoms with Crippen molar-refractivity contribution in [2.75, 3.05) is 13.2 Å². The second kappa shape index (κ2) is 26.6. The Morgan fingerprint density at radius 2 is 0.575 bits per heavy atom. The van der Waals surface area contributed by atoms with Crippen molar-refractivity contribution in [3.05, 3.63) is 0 Å². The molecule has 4 fully saturated rings. The minimum atomic E-state index is -1.95. The van der Waals surface area contributed by atoms with E-state index in [1.54, 1.807) is 13.8 Å². The summed E-state index contributed by atoms with van der Waals surface area (Å²) < 4.78 is 101. The van der Waals surface area contributed by atoms with Gasteiger partial charge in [0.15, 0.2) is 73.8 Å². The van der Waals surface area contributed by atoms with Crippen LogP contribution in [0, 0.1) is 5.92 Å². The maximum Gasteiger partial charge on any atom is 0.303 e. The summed E-state index contributed by atoms with van der Waals surface area (Å²) in [6.07, 6.45) is -29.0. The molecule has 4 aliphatic heterocycles. The van der Waals surface area contributed by atoms with Crippen LogP contribution in [0.15, 0.2) is 0 Å². The highest BCUT2D eigenvalue weighted by Crippen LogP contribution is 2.40. The van der Waals surface area contributed by atoms with Gasteiger partial charge in [-0.2, -0.15) is 0 Å². The molecule has 20 atom stereocenters. The molecule has 0 radical (unpaired) electrons. The van der Waals surface area contributed by atoms with E-state index >= 15 is 0 Å². The molecule has 0 aromatic heterocycles. The van der Waals surface area contributed by atoms with Gasteiger partial charge in [0, 0.05) is 75.2 Å². The topological polar surface area (TPSA) is 328 Å². The van der Waals surface area contributed by atoms with Crippen LogP contribution in [0.5, 0.6) is 0 Å². The number of ether oxygens (including phenoxy) is 17. The Bertz CT molecular complexity index is 2010. The second-order valence-corrected chi connectivity index (χ2v) is 17.7. The second-order valence-electron chi connectivity index (χ2n) is 17.7. The largest absolute Gasteiger partial charge is 0.463 e. The van der Waals surface area contributed by atoms with Crippen LogP contribution in [0.25, 0.3) is 0 Å². The molecule has 0 aliphatic carbocycles. The van der Waals surface area contributed by atoms with Gasteiger partial charge in [0.05, 0.1) is 24.4 Å². The lowest BCUT2D eigenvalue weighted by atomic mass is 9.88. The van der Waals surface area contributed by atoms with Gasteiger partial charge >= 0.3 is 59.7 Å². The standard InChI is InChI=1S/C46H66O27/c1-17-18(2)59-31(15-57-21(5)47)36(33(17)71-44-41(68-29(13)55)38(65-26(10)52)34(19(3)60-44)62-23(7)49)72-46-43(40(67-28(12)54)37(64-25(9)51)32(70-46)16-58-22(6)48)73-45-42(69-30(14)56)39(66-27(11)53)35(20(4)61-45)63-24(8)50/h17-20,31-46H,15-16H2,1-14H3/t17?,18-,19?,20?,31?,32?,33+,34?,35-,36?,37?,38-,39?,40-,41?,42+,43?,44-,45?,46-/m0/s1. The lowest BCUT2D eigenvalue weighted by Gasteiger charge is -2.51. The molecule has 0 amide bonds. The summed E-state index contributed by atoms with van der Waals surface area (Å²) in [7, 11) is 0. The third-order valence-electron chi connectivity index (χ3n) is 11.6. The predicted octanol–water partition coefficient (Wildman–Crippen LogP) is 0.360. The number of hydrogen-bond acceptors (Lipinski definition) is 27. The molecule has 0 spiro atoms. The van der Waals surface area contributed by atoms with Crippen LogP contribution in [-0.2, 0) is 128 Å². The average Bonchev–Trinajstić information content (AvgIpc) is 3.25. The van der Waals surface area contributed by atoms with E-state index in [0.29, 0.717) is 0 Å². The summed E-state index contributed by atoms with van der Waals surface area (Å²) in [6.45, 7) is 15.6. The first-order valence-corrected chi connectivity index (χ1v) is 23.3. The van der Waals surface area contributed by atoms with Crippen LogP contribution in [0.1, 0.15) is 96.9 Å². The fourth-order valence-electron chi connectivity index (χ4n) is 8.70. The first kappa shape index (κ1) is 60.0. The molecular weight excluding hydrogens is 984 g/mol. The fraction of sp³-hybridized carbons (Fsp3) is 0.783. The lowest BCUT2D eigenvalue weighted by molar-refractivity contribution is -0.388. The van der Waals surface area contributed by atoms with E-state index in [4.69, 9.17) is 80.5 Å². The average molecular weight is 1050 g/mol. The summed E-state index contributed by atoms with van der Waals surface area (Å²) >= 11 is 0. The third-order valence-corrected chi connectivity index (χ3v) is 11.6. The van der Waals surface area contributed by atoms with Crippen molar-refractivity contribution in [1.82, 2.24) is 0 Å². The molecule has 27 nitrogen and oxygen atoms in total. The van der Waals surface area contributed by atoms with E-state index in [-0.39, 0.29) is 0 Å². The summed E-state index contributed by atoms with van der Waals surface area (Å²) in [5, 5.41) is 0. The summed E-state index contributed by atoms with van der Waals surface area (Å²) in [4.78, 5) is 126.